The Balaban J connectivity index is 1.64. The van der Waals surface area contributed by atoms with Gasteiger partial charge in [-0.25, -0.2) is 10.2 Å². The third-order valence-corrected chi connectivity index (χ3v) is 6.85. The van der Waals surface area contributed by atoms with Gasteiger partial charge in [0.1, 0.15) is 17.7 Å². The maximum Gasteiger partial charge on any atom is 0.226 e. The second-order valence-corrected chi connectivity index (χ2v) is 9.49. The van der Waals surface area contributed by atoms with Gasteiger partial charge in [-0.3, -0.25) is 5.01 Å². The van der Waals surface area contributed by atoms with Crippen molar-refractivity contribution in [1.82, 2.24) is 9.97 Å². The molecule has 0 aliphatic carbocycles. The molecule has 0 bridgehead atoms. The zero-order valence-electron chi connectivity index (χ0n) is 15.9. The topological polar surface area (TPSA) is 143 Å². The number of aromatic nitrogens is 2. The minimum Gasteiger partial charge on any atom is -0.393 e. The predicted molar refractivity (Wildman–Crippen MR) is 118 cm³/mol. The summed E-state index contributed by atoms with van der Waals surface area (Å²) in [7, 11) is -1.92. The van der Waals surface area contributed by atoms with Crippen molar-refractivity contribution in [3.63, 3.8) is 0 Å². The van der Waals surface area contributed by atoms with Crippen LogP contribution in [0.3, 0.4) is 0 Å². The fourth-order valence-corrected chi connectivity index (χ4v) is 4.71. The van der Waals surface area contributed by atoms with Crippen LogP contribution in [0.1, 0.15) is 18.4 Å². The van der Waals surface area contributed by atoms with E-state index in [2.05, 4.69) is 15.3 Å². The highest BCUT2D eigenvalue weighted by Gasteiger charge is 2.31. The summed E-state index contributed by atoms with van der Waals surface area (Å²) in [6, 6.07) is 6.04. The first-order valence-corrected chi connectivity index (χ1v) is 12.0. The third-order valence-electron chi connectivity index (χ3n) is 4.42. The zero-order chi connectivity index (χ0) is 21.7. The highest BCUT2D eigenvalue weighted by atomic mass is 35.5. The van der Waals surface area contributed by atoms with E-state index in [4.69, 9.17) is 37.7 Å². The lowest BCUT2D eigenvalue weighted by molar-refractivity contribution is 0.0558. The van der Waals surface area contributed by atoms with Gasteiger partial charge in [-0.2, -0.15) is 9.97 Å². The number of hydrazine groups is 1. The van der Waals surface area contributed by atoms with Crippen molar-refractivity contribution < 1.29 is 18.9 Å². The number of hydrogen-bond acceptors (Lipinski definition) is 10. The average molecular weight is 477 g/mol. The van der Waals surface area contributed by atoms with Gasteiger partial charge in [-0.05, 0) is 42.1 Å². The van der Waals surface area contributed by atoms with Gasteiger partial charge in [0.05, 0.1) is 11.6 Å². The van der Waals surface area contributed by atoms with Crippen LogP contribution in [-0.4, -0.2) is 43.3 Å². The Kier molecular flexibility index (Phi) is 8.29. The molecule has 2 atom stereocenters. The number of ether oxygens (including phenoxy) is 1. The van der Waals surface area contributed by atoms with Crippen molar-refractivity contribution >= 4 is 49.1 Å². The van der Waals surface area contributed by atoms with Crippen LogP contribution in [0.2, 0.25) is 5.28 Å². The van der Waals surface area contributed by atoms with Gasteiger partial charge in [0.15, 0.2) is 20.0 Å². The van der Waals surface area contributed by atoms with Crippen molar-refractivity contribution in [3.05, 3.63) is 40.9 Å². The molecule has 2 heterocycles. The lowest BCUT2D eigenvalue weighted by Gasteiger charge is -2.26. The van der Waals surface area contributed by atoms with E-state index in [0.717, 1.165) is 12.0 Å². The van der Waals surface area contributed by atoms with Gasteiger partial charge in [0, 0.05) is 12.3 Å². The number of anilines is 3. The maximum absolute atomic E-state index is 13.1. The normalized spacial score (nSPS) is 18.7. The lowest BCUT2D eigenvalue weighted by atomic mass is 10.2. The Hall–Kier alpha value is -1.46. The zero-order valence-corrected chi connectivity index (χ0v) is 18.4. The van der Waals surface area contributed by atoms with Gasteiger partial charge in [-0.15, -0.1) is 11.8 Å². The number of hydrogen-bond donors (Lipinski definition) is 5. The number of halogens is 2. The summed E-state index contributed by atoms with van der Waals surface area (Å²) in [4.78, 5) is 26.3. The van der Waals surface area contributed by atoms with Gasteiger partial charge < -0.3 is 25.6 Å². The summed E-state index contributed by atoms with van der Waals surface area (Å²) in [5.74, 6) is 7.10. The molecule has 0 saturated carbocycles. The van der Waals surface area contributed by atoms with Crippen LogP contribution >= 0.6 is 31.7 Å². The molecule has 1 aromatic carbocycles. The molecular weight excluding hydrogens is 454 g/mol. The number of nitrogens with two attached hydrogens (primary N) is 2. The second kappa shape index (κ2) is 10.7. The molecule has 1 aliphatic heterocycles. The van der Waals surface area contributed by atoms with Crippen LogP contribution < -0.4 is 21.9 Å². The molecule has 2 aromatic rings. The van der Waals surface area contributed by atoms with E-state index in [9.17, 15) is 4.39 Å². The van der Waals surface area contributed by atoms with Crippen LogP contribution in [0.4, 0.5) is 21.7 Å². The second-order valence-electron chi connectivity index (χ2n) is 6.63. The van der Waals surface area contributed by atoms with Gasteiger partial charge >= 0.3 is 0 Å². The van der Waals surface area contributed by atoms with Gasteiger partial charge in [0.25, 0.3) is 0 Å². The molecule has 3 rings (SSSR count). The summed E-state index contributed by atoms with van der Waals surface area (Å²) in [6.45, 7) is 0.360. The Morgan fingerprint density at radius 3 is 2.73 bits per heavy atom. The lowest BCUT2D eigenvalue weighted by Crippen LogP contribution is -2.42. The summed E-state index contributed by atoms with van der Waals surface area (Å²) in [5.41, 5.74) is 7.56. The van der Waals surface area contributed by atoms with Gasteiger partial charge in [0.2, 0.25) is 5.28 Å². The molecule has 2 unspecified atom stereocenters. The molecule has 1 aliphatic rings. The number of thioether (sulfide) groups is 1. The van der Waals surface area contributed by atoms with Crippen LogP contribution in [0.15, 0.2) is 24.3 Å². The molecule has 0 amide bonds. The van der Waals surface area contributed by atoms with Crippen molar-refractivity contribution in [2.45, 2.75) is 31.7 Å². The Morgan fingerprint density at radius 2 is 2.03 bits per heavy atom. The molecule has 30 heavy (non-hydrogen) atoms. The molecule has 1 saturated heterocycles. The number of benzene rings is 1. The van der Waals surface area contributed by atoms with E-state index in [0.29, 0.717) is 24.5 Å². The van der Waals surface area contributed by atoms with Gasteiger partial charge in [-0.1, -0.05) is 12.1 Å². The molecular formula is C17H23ClFN6O3PS. The standard InChI is InChI=1S/C17H23ClFN6O3PS/c18-17-23-15(22-7-10-1-3-11(19)4-2-10)14(20)16(24-17)25(21)13-6-5-12(28-13)8-30-9-29(26)27/h1-4,12-13,26-27H,5-9,20-21H2,(H,22,23,24). The molecule has 1 aromatic heterocycles. The van der Waals surface area contributed by atoms with Crippen LogP contribution in [-0.2, 0) is 11.3 Å². The molecule has 0 spiro atoms. The van der Waals surface area contributed by atoms with Crippen molar-refractivity contribution in [2.24, 2.45) is 5.84 Å². The SMILES string of the molecule is Nc1c(NCc2ccc(F)cc2)nc(Cl)nc1N(N)C1CCC(CSCP(O)O)O1. The molecule has 0 radical (unpaired) electrons. The first-order chi connectivity index (χ1) is 14.3. The maximum atomic E-state index is 13.1. The fourth-order valence-electron chi connectivity index (χ4n) is 2.97. The van der Waals surface area contributed by atoms with E-state index in [-0.39, 0.29) is 34.2 Å². The molecule has 164 valence electrons. The molecule has 7 N–H and O–H groups in total. The molecule has 1 fully saturated rings. The molecule has 9 nitrogen and oxygen atoms in total. The third kappa shape index (κ3) is 6.27. The molecule has 13 heteroatoms. The quantitative estimate of drug-likeness (QED) is 0.158. The van der Waals surface area contributed by atoms with E-state index in [1.807, 2.05) is 0 Å². The minimum atomic E-state index is -1.92. The van der Waals surface area contributed by atoms with Crippen molar-refractivity contribution in [1.29, 1.82) is 0 Å². The Labute approximate surface area is 183 Å². The van der Waals surface area contributed by atoms with E-state index >= 15 is 0 Å². The smallest absolute Gasteiger partial charge is 0.226 e. The number of nitrogen functional groups attached to an aromatic ring is 1. The first-order valence-electron chi connectivity index (χ1n) is 9.07. The minimum absolute atomic E-state index is 0.0272. The average Bonchev–Trinajstić information content (AvgIpc) is 3.17. The monoisotopic (exact) mass is 476 g/mol. The number of rotatable bonds is 9. The fraction of sp³-hybridized carbons (Fsp3) is 0.412. The van der Waals surface area contributed by atoms with E-state index < -0.39 is 14.6 Å². The first kappa shape index (κ1) is 23.2. The summed E-state index contributed by atoms with van der Waals surface area (Å²) in [6.07, 6.45) is 0.928. The summed E-state index contributed by atoms with van der Waals surface area (Å²) < 4.78 is 19.0. The number of nitrogens with zero attached hydrogens (tertiary/aromatic N) is 3. The van der Waals surface area contributed by atoms with Crippen molar-refractivity contribution in [3.8, 4) is 0 Å². The summed E-state index contributed by atoms with van der Waals surface area (Å²) in [5, 5.41) is 4.38. The van der Waals surface area contributed by atoms with Crippen LogP contribution in [0.5, 0.6) is 0 Å². The van der Waals surface area contributed by atoms with E-state index in [1.54, 1.807) is 12.1 Å². The largest absolute Gasteiger partial charge is 0.393 e. The van der Waals surface area contributed by atoms with Crippen LogP contribution in [0.25, 0.3) is 0 Å². The van der Waals surface area contributed by atoms with Crippen molar-refractivity contribution in [2.75, 3.05) is 27.3 Å². The van der Waals surface area contributed by atoms with Crippen LogP contribution in [0, 0.1) is 5.82 Å². The predicted octanol–water partition coefficient (Wildman–Crippen LogP) is 2.64. The Morgan fingerprint density at radius 1 is 1.30 bits per heavy atom. The highest BCUT2D eigenvalue weighted by molar-refractivity contribution is 8.03. The summed E-state index contributed by atoms with van der Waals surface area (Å²) >= 11 is 7.48. The van der Waals surface area contributed by atoms with E-state index in [1.165, 1.54) is 28.9 Å². The Bertz CT molecular complexity index is 853. The number of nitrogens with one attached hydrogen (secondary N) is 1. The highest BCUT2D eigenvalue weighted by Crippen LogP contribution is 2.34.